The van der Waals surface area contributed by atoms with Gasteiger partial charge in [-0.2, -0.15) is 0 Å². The van der Waals surface area contributed by atoms with Gasteiger partial charge in [-0.3, -0.25) is 10.1 Å². The number of nitrogens with one attached hydrogen (secondary N) is 2. The summed E-state index contributed by atoms with van der Waals surface area (Å²) in [5.74, 6) is 0.580. The van der Waals surface area contributed by atoms with Crippen molar-refractivity contribution in [1.82, 2.24) is 5.32 Å². The molecule has 19 heavy (non-hydrogen) atoms. The lowest BCUT2D eigenvalue weighted by Crippen LogP contribution is -2.29. The Bertz CT molecular complexity index is 480. The van der Waals surface area contributed by atoms with Gasteiger partial charge in [0.1, 0.15) is 0 Å². The number of hydrogen-bond donors (Lipinski definition) is 2. The number of thiocarbonyl (C=S) groups is 1. The van der Waals surface area contributed by atoms with Gasteiger partial charge < -0.3 is 10.6 Å². The van der Waals surface area contributed by atoms with Gasteiger partial charge in [-0.1, -0.05) is 25.4 Å². The topological polar surface area (TPSA) is 67.2 Å². The van der Waals surface area contributed by atoms with Gasteiger partial charge in [-0.15, -0.1) is 0 Å². The number of nitrogens with zero attached hydrogens (tertiary/aromatic N) is 1. The van der Waals surface area contributed by atoms with E-state index in [1.807, 2.05) is 0 Å². The smallest absolute Gasteiger partial charge is 0.271 e. The van der Waals surface area contributed by atoms with E-state index in [1.54, 1.807) is 0 Å². The summed E-state index contributed by atoms with van der Waals surface area (Å²) >= 11 is 11.1. The lowest BCUT2D eigenvalue weighted by Gasteiger charge is -2.12. The van der Waals surface area contributed by atoms with Gasteiger partial charge in [-0.25, -0.2) is 0 Å². The van der Waals surface area contributed by atoms with Crippen molar-refractivity contribution >= 4 is 40.3 Å². The Kier molecular flexibility index (Phi) is 5.98. The fourth-order valence-corrected chi connectivity index (χ4v) is 1.74. The Morgan fingerprint density at radius 2 is 2.21 bits per heavy atom. The maximum absolute atomic E-state index is 10.7. The summed E-state index contributed by atoms with van der Waals surface area (Å²) in [5.41, 5.74) is 0.398. The number of hydrogen-bond acceptors (Lipinski definition) is 3. The van der Waals surface area contributed by atoms with Crippen LogP contribution in [0.25, 0.3) is 0 Å². The summed E-state index contributed by atoms with van der Waals surface area (Å²) in [6.07, 6.45) is 0.991. The highest BCUT2D eigenvalue weighted by Gasteiger charge is 2.10. The molecule has 1 aromatic rings. The highest BCUT2D eigenvalue weighted by molar-refractivity contribution is 7.80. The number of nitro groups is 1. The second-order valence-electron chi connectivity index (χ2n) is 4.48. The Morgan fingerprint density at radius 1 is 1.53 bits per heavy atom. The SMILES string of the molecule is CC(C)CCNC(=S)Nc1cc([N+](=O)[O-])ccc1Cl. The molecule has 0 saturated carbocycles. The standard InChI is InChI=1S/C12H16ClN3O2S/c1-8(2)5-6-14-12(19)15-11-7-9(16(17)18)3-4-10(11)13/h3-4,7-8H,5-6H2,1-2H3,(H2,14,15,19). The summed E-state index contributed by atoms with van der Waals surface area (Å²) in [5, 5.41) is 17.4. The first-order valence-electron chi connectivity index (χ1n) is 5.89. The molecule has 7 heteroatoms. The maximum Gasteiger partial charge on any atom is 0.271 e. The summed E-state index contributed by atoms with van der Waals surface area (Å²) in [6.45, 7) is 4.99. The molecule has 0 aliphatic rings. The molecule has 0 aliphatic carbocycles. The zero-order valence-electron chi connectivity index (χ0n) is 10.8. The molecule has 104 valence electrons. The van der Waals surface area contributed by atoms with E-state index < -0.39 is 4.92 Å². The molecule has 0 saturated heterocycles. The Labute approximate surface area is 122 Å². The molecular weight excluding hydrogens is 286 g/mol. The molecule has 0 aliphatic heterocycles. The average Bonchev–Trinajstić information content (AvgIpc) is 2.31. The van der Waals surface area contributed by atoms with Crippen LogP contribution in [-0.2, 0) is 0 Å². The lowest BCUT2D eigenvalue weighted by atomic mass is 10.1. The van der Waals surface area contributed by atoms with E-state index in [2.05, 4.69) is 24.5 Å². The zero-order chi connectivity index (χ0) is 14.4. The van der Waals surface area contributed by atoms with Crippen LogP contribution in [0.1, 0.15) is 20.3 Å². The average molecular weight is 302 g/mol. The first kappa shape index (κ1) is 15.7. The number of halogens is 1. The van der Waals surface area contributed by atoms with Crippen LogP contribution in [0.15, 0.2) is 18.2 Å². The molecule has 0 bridgehead atoms. The number of anilines is 1. The Hall–Kier alpha value is -1.40. The van der Waals surface area contributed by atoms with Crippen molar-refractivity contribution in [2.75, 3.05) is 11.9 Å². The molecule has 2 N–H and O–H groups in total. The maximum atomic E-state index is 10.7. The second-order valence-corrected chi connectivity index (χ2v) is 5.30. The van der Waals surface area contributed by atoms with E-state index >= 15 is 0 Å². The largest absolute Gasteiger partial charge is 0.362 e. The van der Waals surface area contributed by atoms with Crippen molar-refractivity contribution in [1.29, 1.82) is 0 Å². The monoisotopic (exact) mass is 301 g/mol. The van der Waals surface area contributed by atoms with Gasteiger partial charge in [0, 0.05) is 18.7 Å². The fourth-order valence-electron chi connectivity index (χ4n) is 1.36. The normalized spacial score (nSPS) is 10.3. The summed E-state index contributed by atoms with van der Waals surface area (Å²) in [7, 11) is 0. The number of non-ortho nitro benzene ring substituents is 1. The van der Waals surface area contributed by atoms with Crippen LogP contribution < -0.4 is 10.6 Å². The van der Waals surface area contributed by atoms with Gasteiger partial charge in [-0.05, 0) is 30.6 Å². The van der Waals surface area contributed by atoms with Crippen molar-refractivity contribution in [2.24, 2.45) is 5.92 Å². The molecular formula is C12H16ClN3O2S. The van der Waals surface area contributed by atoms with E-state index in [-0.39, 0.29) is 5.69 Å². The van der Waals surface area contributed by atoms with Crippen LogP contribution in [0, 0.1) is 16.0 Å². The Morgan fingerprint density at radius 3 is 2.79 bits per heavy atom. The van der Waals surface area contributed by atoms with E-state index in [9.17, 15) is 10.1 Å². The third kappa shape index (κ3) is 5.40. The van der Waals surface area contributed by atoms with Crippen molar-refractivity contribution in [2.45, 2.75) is 20.3 Å². The highest BCUT2D eigenvalue weighted by atomic mass is 35.5. The quantitative estimate of drug-likeness (QED) is 0.494. The summed E-state index contributed by atoms with van der Waals surface area (Å²) in [4.78, 5) is 10.2. The molecule has 0 unspecified atom stereocenters. The van der Waals surface area contributed by atoms with Gasteiger partial charge in [0.15, 0.2) is 5.11 Å². The molecule has 0 spiro atoms. The second kappa shape index (κ2) is 7.25. The van der Waals surface area contributed by atoms with Gasteiger partial charge in [0.2, 0.25) is 0 Å². The third-order valence-electron chi connectivity index (χ3n) is 2.42. The molecule has 0 heterocycles. The van der Waals surface area contributed by atoms with Crippen LogP contribution in [0.2, 0.25) is 5.02 Å². The van der Waals surface area contributed by atoms with Crippen molar-refractivity contribution < 1.29 is 4.92 Å². The van der Waals surface area contributed by atoms with Gasteiger partial charge in [0.25, 0.3) is 5.69 Å². The third-order valence-corrected chi connectivity index (χ3v) is 2.99. The number of nitro benzene ring substituents is 1. The van der Waals surface area contributed by atoms with E-state index in [4.69, 9.17) is 23.8 Å². The molecule has 0 aromatic heterocycles. The molecule has 1 aromatic carbocycles. The lowest BCUT2D eigenvalue weighted by molar-refractivity contribution is -0.384. The van der Waals surface area contributed by atoms with Gasteiger partial charge in [0.05, 0.1) is 15.6 Å². The molecule has 1 rings (SSSR count). The molecule has 0 fully saturated rings. The fraction of sp³-hybridized carbons (Fsp3) is 0.417. The van der Waals surface area contributed by atoms with E-state index in [1.165, 1.54) is 18.2 Å². The van der Waals surface area contributed by atoms with Crippen LogP contribution in [0.5, 0.6) is 0 Å². The first-order valence-corrected chi connectivity index (χ1v) is 6.67. The van der Waals surface area contributed by atoms with Crippen LogP contribution in [0.4, 0.5) is 11.4 Å². The summed E-state index contributed by atoms with van der Waals surface area (Å²) in [6, 6.07) is 4.18. The molecule has 0 amide bonds. The first-order chi connectivity index (χ1) is 8.90. The van der Waals surface area contributed by atoms with Crippen molar-refractivity contribution in [3.8, 4) is 0 Å². The minimum absolute atomic E-state index is 0.0307. The van der Waals surface area contributed by atoms with Crippen molar-refractivity contribution in [3.63, 3.8) is 0 Å². The highest BCUT2D eigenvalue weighted by Crippen LogP contribution is 2.26. The predicted octanol–water partition coefficient (Wildman–Crippen LogP) is 3.58. The van der Waals surface area contributed by atoms with E-state index in [0.29, 0.717) is 21.7 Å². The number of rotatable bonds is 5. The molecule has 0 radical (unpaired) electrons. The predicted molar refractivity (Wildman–Crippen MR) is 81.8 cm³/mol. The molecule has 5 nitrogen and oxygen atoms in total. The van der Waals surface area contributed by atoms with Crippen LogP contribution in [-0.4, -0.2) is 16.6 Å². The van der Waals surface area contributed by atoms with Gasteiger partial charge >= 0.3 is 0 Å². The van der Waals surface area contributed by atoms with E-state index in [0.717, 1.165) is 13.0 Å². The summed E-state index contributed by atoms with van der Waals surface area (Å²) < 4.78 is 0. The number of benzene rings is 1. The van der Waals surface area contributed by atoms with Crippen LogP contribution in [0.3, 0.4) is 0 Å². The van der Waals surface area contributed by atoms with Crippen molar-refractivity contribution in [3.05, 3.63) is 33.3 Å². The molecule has 0 atom stereocenters. The minimum atomic E-state index is -0.475. The minimum Gasteiger partial charge on any atom is -0.362 e. The zero-order valence-corrected chi connectivity index (χ0v) is 12.3. The van der Waals surface area contributed by atoms with Crippen LogP contribution >= 0.6 is 23.8 Å². The Balaban J connectivity index is 2.63.